The van der Waals surface area contributed by atoms with Crippen molar-refractivity contribution in [1.82, 2.24) is 9.97 Å². The molecule has 0 aliphatic heterocycles. The summed E-state index contributed by atoms with van der Waals surface area (Å²) in [6.45, 7) is 2.96. The van der Waals surface area contributed by atoms with Gasteiger partial charge in [-0.15, -0.1) is 0 Å². The molecule has 104 valence electrons. The van der Waals surface area contributed by atoms with Crippen LogP contribution in [-0.2, 0) is 6.54 Å². The van der Waals surface area contributed by atoms with E-state index >= 15 is 0 Å². The summed E-state index contributed by atoms with van der Waals surface area (Å²) in [7, 11) is 0. The van der Waals surface area contributed by atoms with E-state index in [2.05, 4.69) is 20.6 Å². The SMILES string of the molecule is CCNc1nc(NCc2ccccc2)ncc1[N+](=O)[O-]. The van der Waals surface area contributed by atoms with Gasteiger partial charge in [-0.2, -0.15) is 4.98 Å². The van der Waals surface area contributed by atoms with Crippen molar-refractivity contribution in [2.45, 2.75) is 13.5 Å². The van der Waals surface area contributed by atoms with E-state index in [-0.39, 0.29) is 11.5 Å². The van der Waals surface area contributed by atoms with E-state index in [1.54, 1.807) is 0 Å². The minimum Gasteiger partial charge on any atom is -0.364 e. The van der Waals surface area contributed by atoms with Crippen LogP contribution in [0, 0.1) is 10.1 Å². The summed E-state index contributed by atoms with van der Waals surface area (Å²) < 4.78 is 0. The Kier molecular flexibility index (Phi) is 4.43. The number of hydrogen-bond acceptors (Lipinski definition) is 6. The van der Waals surface area contributed by atoms with Gasteiger partial charge in [0.15, 0.2) is 0 Å². The van der Waals surface area contributed by atoms with Crippen molar-refractivity contribution in [2.75, 3.05) is 17.2 Å². The third-order valence-corrected chi connectivity index (χ3v) is 2.60. The van der Waals surface area contributed by atoms with Crippen molar-refractivity contribution in [1.29, 1.82) is 0 Å². The van der Waals surface area contributed by atoms with Gasteiger partial charge >= 0.3 is 5.69 Å². The van der Waals surface area contributed by atoms with E-state index in [0.29, 0.717) is 19.0 Å². The van der Waals surface area contributed by atoms with E-state index in [1.165, 1.54) is 6.20 Å². The Morgan fingerprint density at radius 2 is 2.00 bits per heavy atom. The summed E-state index contributed by atoms with van der Waals surface area (Å²) in [5, 5.41) is 16.8. The molecule has 7 nitrogen and oxygen atoms in total. The van der Waals surface area contributed by atoms with Gasteiger partial charge in [0.05, 0.1) is 4.92 Å². The molecule has 2 aromatic rings. The van der Waals surface area contributed by atoms with Crippen LogP contribution in [-0.4, -0.2) is 21.4 Å². The highest BCUT2D eigenvalue weighted by atomic mass is 16.6. The average Bonchev–Trinajstić information content (AvgIpc) is 2.46. The Hall–Kier alpha value is -2.70. The number of rotatable bonds is 6. The molecule has 0 fully saturated rings. The largest absolute Gasteiger partial charge is 0.364 e. The number of hydrogen-bond donors (Lipinski definition) is 2. The Bertz CT molecular complexity index is 589. The van der Waals surface area contributed by atoms with Gasteiger partial charge in [0, 0.05) is 13.1 Å². The molecule has 2 rings (SSSR count). The molecule has 20 heavy (non-hydrogen) atoms. The fourth-order valence-corrected chi connectivity index (χ4v) is 1.67. The van der Waals surface area contributed by atoms with Crippen LogP contribution in [0.4, 0.5) is 17.5 Å². The normalized spacial score (nSPS) is 10.1. The first-order chi connectivity index (χ1) is 9.70. The fourth-order valence-electron chi connectivity index (χ4n) is 1.67. The van der Waals surface area contributed by atoms with Crippen LogP contribution in [0.5, 0.6) is 0 Å². The highest BCUT2D eigenvalue weighted by Crippen LogP contribution is 2.21. The molecule has 0 unspecified atom stereocenters. The maximum atomic E-state index is 10.9. The quantitative estimate of drug-likeness (QED) is 0.620. The summed E-state index contributed by atoms with van der Waals surface area (Å²) in [5.74, 6) is 0.582. The van der Waals surface area contributed by atoms with Crippen LogP contribution in [0.1, 0.15) is 12.5 Å². The molecule has 0 saturated heterocycles. The predicted molar refractivity (Wildman–Crippen MR) is 76.6 cm³/mol. The Balaban J connectivity index is 2.12. The van der Waals surface area contributed by atoms with Crippen LogP contribution in [0.3, 0.4) is 0 Å². The smallest absolute Gasteiger partial charge is 0.329 e. The zero-order chi connectivity index (χ0) is 14.4. The highest BCUT2D eigenvalue weighted by molar-refractivity contribution is 5.56. The molecule has 0 aliphatic carbocycles. The topological polar surface area (TPSA) is 93.0 Å². The molecular weight excluding hydrogens is 258 g/mol. The van der Waals surface area contributed by atoms with Crippen LogP contribution in [0.15, 0.2) is 36.5 Å². The monoisotopic (exact) mass is 273 g/mol. The first kappa shape index (κ1) is 13.7. The second-order valence-electron chi connectivity index (χ2n) is 4.05. The van der Waals surface area contributed by atoms with Crippen molar-refractivity contribution >= 4 is 17.5 Å². The van der Waals surface area contributed by atoms with Gasteiger partial charge in [-0.05, 0) is 12.5 Å². The van der Waals surface area contributed by atoms with Crippen molar-refractivity contribution in [2.24, 2.45) is 0 Å². The van der Waals surface area contributed by atoms with Gasteiger partial charge in [-0.25, -0.2) is 4.98 Å². The van der Waals surface area contributed by atoms with Gasteiger partial charge in [0.2, 0.25) is 11.8 Å². The van der Waals surface area contributed by atoms with E-state index in [9.17, 15) is 10.1 Å². The van der Waals surface area contributed by atoms with E-state index in [4.69, 9.17) is 0 Å². The second-order valence-corrected chi connectivity index (χ2v) is 4.05. The highest BCUT2D eigenvalue weighted by Gasteiger charge is 2.16. The molecule has 2 N–H and O–H groups in total. The first-order valence-electron chi connectivity index (χ1n) is 6.23. The lowest BCUT2D eigenvalue weighted by Gasteiger charge is -2.07. The standard InChI is InChI=1S/C13H15N5O2/c1-2-14-12-11(18(19)20)9-16-13(17-12)15-8-10-6-4-3-5-7-10/h3-7,9H,2,8H2,1H3,(H2,14,15,16,17). The molecule has 7 heteroatoms. The number of anilines is 2. The van der Waals surface area contributed by atoms with Crippen molar-refractivity contribution in [3.8, 4) is 0 Å². The zero-order valence-electron chi connectivity index (χ0n) is 11.0. The van der Waals surface area contributed by atoms with Crippen molar-refractivity contribution < 1.29 is 4.92 Å². The molecule has 0 amide bonds. The van der Waals surface area contributed by atoms with Gasteiger partial charge in [0.25, 0.3) is 0 Å². The molecule has 0 saturated carbocycles. The number of nitrogens with one attached hydrogen (secondary N) is 2. The van der Waals surface area contributed by atoms with Crippen LogP contribution < -0.4 is 10.6 Å². The Labute approximate surface area is 116 Å². The minimum atomic E-state index is -0.501. The molecule has 1 aromatic heterocycles. The lowest BCUT2D eigenvalue weighted by molar-refractivity contribution is -0.384. The summed E-state index contributed by atoms with van der Waals surface area (Å²) >= 11 is 0. The molecule has 0 atom stereocenters. The third kappa shape index (κ3) is 3.41. The van der Waals surface area contributed by atoms with Crippen molar-refractivity contribution in [3.05, 3.63) is 52.2 Å². The van der Waals surface area contributed by atoms with E-state index in [0.717, 1.165) is 5.56 Å². The maximum absolute atomic E-state index is 10.9. The minimum absolute atomic E-state index is 0.128. The average molecular weight is 273 g/mol. The van der Waals surface area contributed by atoms with Crippen molar-refractivity contribution in [3.63, 3.8) is 0 Å². The summed E-state index contributed by atoms with van der Waals surface area (Å²) in [6.07, 6.45) is 1.21. The number of nitrogens with zero attached hydrogens (tertiary/aromatic N) is 3. The summed E-state index contributed by atoms with van der Waals surface area (Å²) in [5.41, 5.74) is 0.955. The fraction of sp³-hybridized carbons (Fsp3) is 0.231. The molecule has 0 spiro atoms. The molecule has 1 heterocycles. The van der Waals surface area contributed by atoms with Crippen LogP contribution >= 0.6 is 0 Å². The molecule has 1 aromatic carbocycles. The Morgan fingerprint density at radius 1 is 1.25 bits per heavy atom. The molecule has 0 aliphatic rings. The van der Waals surface area contributed by atoms with Gasteiger partial charge in [-0.1, -0.05) is 30.3 Å². The predicted octanol–water partition coefficient (Wildman–Crippen LogP) is 2.43. The molecular formula is C13H15N5O2. The molecule has 0 bridgehead atoms. The van der Waals surface area contributed by atoms with Gasteiger partial charge in [-0.3, -0.25) is 10.1 Å². The summed E-state index contributed by atoms with van der Waals surface area (Å²) in [4.78, 5) is 18.4. The van der Waals surface area contributed by atoms with Crippen LogP contribution in [0.2, 0.25) is 0 Å². The number of aromatic nitrogens is 2. The lowest BCUT2D eigenvalue weighted by atomic mass is 10.2. The number of nitro groups is 1. The van der Waals surface area contributed by atoms with Crippen LogP contribution in [0.25, 0.3) is 0 Å². The summed E-state index contributed by atoms with van der Waals surface area (Å²) in [6, 6.07) is 9.78. The van der Waals surface area contributed by atoms with E-state index in [1.807, 2.05) is 37.3 Å². The lowest BCUT2D eigenvalue weighted by Crippen LogP contribution is -2.09. The van der Waals surface area contributed by atoms with E-state index < -0.39 is 4.92 Å². The molecule has 0 radical (unpaired) electrons. The zero-order valence-corrected chi connectivity index (χ0v) is 11.0. The second kappa shape index (κ2) is 6.46. The third-order valence-electron chi connectivity index (χ3n) is 2.60. The number of benzene rings is 1. The van der Waals surface area contributed by atoms with Gasteiger partial charge < -0.3 is 10.6 Å². The maximum Gasteiger partial charge on any atom is 0.329 e. The van der Waals surface area contributed by atoms with Gasteiger partial charge in [0.1, 0.15) is 6.20 Å². The Morgan fingerprint density at radius 3 is 2.65 bits per heavy atom. The first-order valence-corrected chi connectivity index (χ1v) is 6.23.